The predicted octanol–water partition coefficient (Wildman–Crippen LogP) is 3.41. The van der Waals surface area contributed by atoms with Gasteiger partial charge in [-0.25, -0.2) is 8.78 Å². The summed E-state index contributed by atoms with van der Waals surface area (Å²) in [6, 6.07) is 2.75. The molecule has 0 saturated carbocycles. The van der Waals surface area contributed by atoms with Crippen molar-refractivity contribution in [2.75, 3.05) is 12.5 Å². The van der Waals surface area contributed by atoms with Gasteiger partial charge < -0.3 is 0 Å². The summed E-state index contributed by atoms with van der Waals surface area (Å²) in [6.45, 7) is 0. The van der Waals surface area contributed by atoms with Crippen molar-refractivity contribution >= 4 is 23.5 Å². The molecule has 12 heavy (non-hydrogen) atoms. The second kappa shape index (κ2) is 4.14. The van der Waals surface area contributed by atoms with E-state index in [1.807, 2.05) is 6.26 Å². The molecule has 0 heterocycles. The largest absolute Gasteiger partial charge is 0.204 e. The van der Waals surface area contributed by atoms with Gasteiger partial charge in [0.25, 0.3) is 0 Å². The number of thioether (sulfide) groups is 2. The minimum atomic E-state index is -0.780. The van der Waals surface area contributed by atoms with Gasteiger partial charge >= 0.3 is 0 Å². The van der Waals surface area contributed by atoms with Crippen LogP contribution in [0.4, 0.5) is 8.78 Å². The smallest absolute Gasteiger partial charge is 0.173 e. The lowest BCUT2D eigenvalue weighted by Crippen LogP contribution is -1.89. The summed E-state index contributed by atoms with van der Waals surface area (Å²) >= 11 is 2.64. The van der Waals surface area contributed by atoms with Crippen LogP contribution in [0.1, 0.15) is 0 Å². The van der Waals surface area contributed by atoms with E-state index in [-0.39, 0.29) is 0 Å². The van der Waals surface area contributed by atoms with Gasteiger partial charge in [0.1, 0.15) is 0 Å². The molecule has 1 aromatic rings. The van der Waals surface area contributed by atoms with Gasteiger partial charge in [-0.05, 0) is 24.6 Å². The van der Waals surface area contributed by atoms with Crippen LogP contribution in [0.15, 0.2) is 21.9 Å². The van der Waals surface area contributed by atoms with Gasteiger partial charge in [0.05, 0.1) is 4.90 Å². The van der Waals surface area contributed by atoms with Crippen LogP contribution in [0.25, 0.3) is 0 Å². The molecule has 1 aromatic carbocycles. The van der Waals surface area contributed by atoms with E-state index in [9.17, 15) is 8.78 Å². The zero-order valence-electron chi connectivity index (χ0n) is 6.73. The molecule has 0 unspecified atom stereocenters. The quantitative estimate of drug-likeness (QED) is 0.680. The Morgan fingerprint density at radius 1 is 1.08 bits per heavy atom. The first-order chi connectivity index (χ1) is 5.70. The number of benzene rings is 1. The fraction of sp³-hybridized carbons (Fsp3) is 0.250. The highest BCUT2D eigenvalue weighted by Gasteiger charge is 2.11. The maximum atomic E-state index is 13.0. The molecule has 0 aromatic heterocycles. The molecule has 0 N–H and O–H groups in total. The number of hydrogen-bond acceptors (Lipinski definition) is 2. The molecular weight excluding hydrogens is 198 g/mol. The molecule has 4 heteroatoms. The third-order valence-corrected chi connectivity index (χ3v) is 3.15. The molecule has 0 saturated heterocycles. The van der Waals surface area contributed by atoms with Gasteiger partial charge in [0, 0.05) is 4.90 Å². The SMILES string of the molecule is CSc1ccc(F)c(F)c1SC. The summed E-state index contributed by atoms with van der Waals surface area (Å²) in [6.07, 6.45) is 3.57. The van der Waals surface area contributed by atoms with Crippen molar-refractivity contribution in [3.05, 3.63) is 23.8 Å². The highest BCUT2D eigenvalue weighted by atomic mass is 32.2. The van der Waals surface area contributed by atoms with Gasteiger partial charge in [0.15, 0.2) is 11.6 Å². The molecule has 66 valence electrons. The first kappa shape index (κ1) is 9.86. The topological polar surface area (TPSA) is 0 Å². The highest BCUT2D eigenvalue weighted by molar-refractivity contribution is 8.01. The number of hydrogen-bond donors (Lipinski definition) is 0. The zero-order valence-corrected chi connectivity index (χ0v) is 8.36. The van der Waals surface area contributed by atoms with Crippen molar-refractivity contribution in [1.29, 1.82) is 0 Å². The Morgan fingerprint density at radius 2 is 1.75 bits per heavy atom. The lowest BCUT2D eigenvalue weighted by Gasteiger charge is -2.05. The van der Waals surface area contributed by atoms with Gasteiger partial charge in [-0.1, -0.05) is 0 Å². The third kappa shape index (κ3) is 1.75. The Labute approximate surface area is 78.7 Å². The maximum Gasteiger partial charge on any atom is 0.173 e. The van der Waals surface area contributed by atoms with Crippen LogP contribution in [0.5, 0.6) is 0 Å². The average Bonchev–Trinajstić information content (AvgIpc) is 2.09. The molecule has 0 nitrogen and oxygen atoms in total. The van der Waals surface area contributed by atoms with Gasteiger partial charge in [-0.3, -0.25) is 0 Å². The lowest BCUT2D eigenvalue weighted by molar-refractivity contribution is 0.486. The Hall–Kier alpha value is -0.220. The van der Waals surface area contributed by atoms with Gasteiger partial charge in [-0.15, -0.1) is 23.5 Å². The monoisotopic (exact) mass is 206 g/mol. The number of rotatable bonds is 2. The van der Waals surface area contributed by atoms with Crippen LogP contribution in [-0.2, 0) is 0 Å². The van der Waals surface area contributed by atoms with E-state index >= 15 is 0 Å². The third-order valence-electron chi connectivity index (χ3n) is 1.44. The van der Waals surface area contributed by atoms with E-state index in [0.29, 0.717) is 4.90 Å². The Balaban J connectivity index is 3.25. The maximum absolute atomic E-state index is 13.0. The van der Waals surface area contributed by atoms with Crippen molar-refractivity contribution in [3.63, 3.8) is 0 Å². The molecule has 0 fully saturated rings. The van der Waals surface area contributed by atoms with Gasteiger partial charge in [0.2, 0.25) is 0 Å². The van der Waals surface area contributed by atoms with Crippen molar-refractivity contribution in [3.8, 4) is 0 Å². The second-order valence-electron chi connectivity index (χ2n) is 2.10. The molecule has 0 aliphatic rings. The van der Waals surface area contributed by atoms with Crippen molar-refractivity contribution < 1.29 is 8.78 Å². The lowest BCUT2D eigenvalue weighted by atomic mass is 10.3. The van der Waals surface area contributed by atoms with E-state index in [4.69, 9.17) is 0 Å². The molecule has 0 amide bonds. The first-order valence-corrected chi connectivity index (χ1v) is 5.71. The summed E-state index contributed by atoms with van der Waals surface area (Å²) in [4.78, 5) is 1.17. The van der Waals surface area contributed by atoms with E-state index in [0.717, 1.165) is 11.0 Å². The van der Waals surface area contributed by atoms with Crippen LogP contribution >= 0.6 is 23.5 Å². The van der Waals surface area contributed by atoms with Crippen LogP contribution in [0, 0.1) is 11.6 Å². The summed E-state index contributed by atoms with van der Waals surface area (Å²) in [5, 5.41) is 0. The minimum absolute atomic E-state index is 0.391. The van der Waals surface area contributed by atoms with Gasteiger partial charge in [-0.2, -0.15) is 0 Å². The van der Waals surface area contributed by atoms with Crippen molar-refractivity contribution in [2.24, 2.45) is 0 Å². The average molecular weight is 206 g/mol. The fourth-order valence-corrected chi connectivity index (χ4v) is 2.39. The molecule has 0 atom stereocenters. The Kier molecular flexibility index (Phi) is 3.40. The highest BCUT2D eigenvalue weighted by Crippen LogP contribution is 2.31. The normalized spacial score (nSPS) is 10.3. The molecule has 0 spiro atoms. The predicted molar refractivity (Wildman–Crippen MR) is 49.9 cm³/mol. The van der Waals surface area contributed by atoms with E-state index in [1.165, 1.54) is 23.5 Å². The Bertz CT molecular complexity index is 287. The molecule has 0 aliphatic carbocycles. The summed E-state index contributed by atoms with van der Waals surface area (Å²) in [5.41, 5.74) is 0. The van der Waals surface area contributed by atoms with Crippen molar-refractivity contribution in [2.45, 2.75) is 9.79 Å². The molecular formula is C8H8F2S2. The summed E-state index contributed by atoms with van der Waals surface area (Å²) in [7, 11) is 0. The molecule has 0 radical (unpaired) electrons. The van der Waals surface area contributed by atoms with Crippen LogP contribution in [0.2, 0.25) is 0 Å². The standard InChI is InChI=1S/C8H8F2S2/c1-11-6-4-3-5(9)7(10)8(6)12-2/h3-4H,1-2H3. The van der Waals surface area contributed by atoms with Crippen LogP contribution in [0.3, 0.4) is 0 Å². The van der Waals surface area contributed by atoms with E-state index in [2.05, 4.69) is 0 Å². The zero-order chi connectivity index (χ0) is 9.14. The van der Waals surface area contributed by atoms with E-state index < -0.39 is 11.6 Å². The molecule has 0 aliphatic heterocycles. The molecule has 1 rings (SSSR count). The summed E-state index contributed by atoms with van der Waals surface area (Å²) in [5.74, 6) is -1.52. The second-order valence-corrected chi connectivity index (χ2v) is 3.76. The fourth-order valence-electron chi connectivity index (χ4n) is 0.865. The Morgan fingerprint density at radius 3 is 2.25 bits per heavy atom. The first-order valence-electron chi connectivity index (χ1n) is 3.26. The number of halogens is 2. The van der Waals surface area contributed by atoms with Crippen LogP contribution in [-0.4, -0.2) is 12.5 Å². The molecule has 0 bridgehead atoms. The van der Waals surface area contributed by atoms with Crippen molar-refractivity contribution in [1.82, 2.24) is 0 Å². The van der Waals surface area contributed by atoms with E-state index in [1.54, 1.807) is 12.3 Å². The van der Waals surface area contributed by atoms with Crippen LogP contribution < -0.4 is 0 Å². The minimum Gasteiger partial charge on any atom is -0.204 e. The summed E-state index contributed by atoms with van der Waals surface area (Å²) < 4.78 is 25.7.